The fourth-order valence-electron chi connectivity index (χ4n) is 4.83. The van der Waals surface area contributed by atoms with E-state index in [-0.39, 0.29) is 6.54 Å². The summed E-state index contributed by atoms with van der Waals surface area (Å²) in [6.45, 7) is 2.19. The quantitative estimate of drug-likeness (QED) is 0.693. The van der Waals surface area contributed by atoms with E-state index in [2.05, 4.69) is 10.6 Å². The summed E-state index contributed by atoms with van der Waals surface area (Å²) in [6, 6.07) is 8.37. The predicted molar refractivity (Wildman–Crippen MR) is 112 cm³/mol. The van der Waals surface area contributed by atoms with Crippen LogP contribution in [0.3, 0.4) is 0 Å². The minimum absolute atomic E-state index is 0.322. The average molecular weight is 439 g/mol. The monoisotopic (exact) mass is 439 g/mol. The molecule has 0 spiro atoms. The lowest BCUT2D eigenvalue weighted by molar-refractivity contribution is -0.135. The van der Waals surface area contributed by atoms with E-state index in [0.29, 0.717) is 30.5 Å². The fourth-order valence-corrected chi connectivity index (χ4v) is 4.83. The maximum absolute atomic E-state index is 13.0. The Balaban J connectivity index is 1.34. The van der Waals surface area contributed by atoms with E-state index in [9.17, 15) is 14.4 Å². The van der Waals surface area contributed by atoms with Gasteiger partial charge in [-0.2, -0.15) is 0 Å². The molecule has 32 heavy (non-hydrogen) atoms. The third-order valence-corrected chi connectivity index (χ3v) is 6.52. The Hall–Kier alpha value is -3.49. The van der Waals surface area contributed by atoms with Gasteiger partial charge in [0, 0.05) is 0 Å². The van der Waals surface area contributed by atoms with Gasteiger partial charge in [0.2, 0.25) is 5.91 Å². The van der Waals surface area contributed by atoms with Crippen LogP contribution in [0.1, 0.15) is 43.9 Å². The minimum atomic E-state index is -1.33. The molecular weight excluding hydrogens is 414 g/mol. The van der Waals surface area contributed by atoms with Crippen molar-refractivity contribution < 1.29 is 28.3 Å². The largest absolute Gasteiger partial charge is 0.486 e. The number of carbonyl (C=O) groups excluding carboxylic acids is 3. The lowest BCUT2D eigenvalue weighted by Crippen LogP contribution is -2.49. The van der Waals surface area contributed by atoms with E-state index in [1.54, 1.807) is 19.1 Å². The topological polar surface area (TPSA) is 110 Å². The first-order valence-electron chi connectivity index (χ1n) is 10.8. The SMILES string of the molecule is C[C@@]1(c2ccco2)NC(=O)N(CC(=O)NC2(c3ccc4c(c3)OCCO4)CCCC2)C1=O. The van der Waals surface area contributed by atoms with Gasteiger partial charge in [0.05, 0.1) is 11.8 Å². The van der Waals surface area contributed by atoms with E-state index in [1.165, 1.54) is 6.26 Å². The second-order valence-corrected chi connectivity index (χ2v) is 8.62. The zero-order valence-electron chi connectivity index (χ0n) is 17.8. The number of rotatable bonds is 5. The molecule has 3 heterocycles. The Bertz CT molecular complexity index is 1060. The maximum Gasteiger partial charge on any atom is 0.325 e. The molecule has 9 nitrogen and oxygen atoms in total. The van der Waals surface area contributed by atoms with Crippen LogP contribution < -0.4 is 20.1 Å². The summed E-state index contributed by atoms with van der Waals surface area (Å²) in [5.41, 5.74) is -0.969. The van der Waals surface area contributed by atoms with Gasteiger partial charge in [-0.3, -0.25) is 14.5 Å². The number of hydrogen-bond acceptors (Lipinski definition) is 6. The highest BCUT2D eigenvalue weighted by Gasteiger charge is 2.51. The van der Waals surface area contributed by atoms with Gasteiger partial charge in [0.1, 0.15) is 25.5 Å². The van der Waals surface area contributed by atoms with Gasteiger partial charge in [-0.05, 0) is 49.6 Å². The van der Waals surface area contributed by atoms with Crippen molar-refractivity contribution in [3.05, 3.63) is 47.9 Å². The van der Waals surface area contributed by atoms with E-state index < -0.39 is 28.9 Å². The lowest BCUT2D eigenvalue weighted by Gasteiger charge is -2.32. The standard InChI is InChI=1S/C23H25N3O6/c1-22(18-5-4-10-32-18)20(28)26(21(29)25-22)14-19(27)24-23(8-2-3-9-23)15-6-7-16-17(13-15)31-12-11-30-16/h4-7,10,13H,2-3,8-9,11-12,14H2,1H3,(H,24,27)(H,25,29)/t22-/m0/s1. The molecule has 168 valence electrons. The van der Waals surface area contributed by atoms with Crippen LogP contribution in [0, 0.1) is 0 Å². The summed E-state index contributed by atoms with van der Waals surface area (Å²) in [4.78, 5) is 39.5. The normalized spacial score (nSPS) is 23.8. The molecule has 1 aromatic heterocycles. The van der Waals surface area contributed by atoms with Gasteiger partial charge < -0.3 is 24.5 Å². The molecule has 9 heteroatoms. The molecule has 0 radical (unpaired) electrons. The van der Waals surface area contributed by atoms with Crippen molar-refractivity contribution in [2.75, 3.05) is 19.8 Å². The average Bonchev–Trinajstić information content (AvgIpc) is 3.53. The lowest BCUT2D eigenvalue weighted by atomic mass is 9.87. The molecule has 2 aromatic rings. The van der Waals surface area contributed by atoms with Crippen molar-refractivity contribution in [2.24, 2.45) is 0 Å². The summed E-state index contributed by atoms with van der Waals surface area (Å²) in [5.74, 6) is 0.761. The van der Waals surface area contributed by atoms with Crippen molar-refractivity contribution in [1.82, 2.24) is 15.5 Å². The van der Waals surface area contributed by atoms with Crippen LogP contribution in [0.4, 0.5) is 4.79 Å². The van der Waals surface area contributed by atoms with Crippen LogP contribution >= 0.6 is 0 Å². The smallest absolute Gasteiger partial charge is 0.325 e. The number of benzene rings is 1. The van der Waals surface area contributed by atoms with Crippen LogP contribution in [-0.2, 0) is 20.7 Å². The molecule has 2 N–H and O–H groups in total. The fraction of sp³-hybridized carbons (Fsp3) is 0.435. The second kappa shape index (κ2) is 7.58. The number of nitrogens with zero attached hydrogens (tertiary/aromatic N) is 1. The highest BCUT2D eigenvalue weighted by atomic mass is 16.6. The van der Waals surface area contributed by atoms with Crippen molar-refractivity contribution in [2.45, 2.75) is 43.7 Å². The first-order valence-corrected chi connectivity index (χ1v) is 10.8. The molecule has 1 saturated heterocycles. The third-order valence-electron chi connectivity index (χ3n) is 6.52. The van der Waals surface area contributed by atoms with Crippen molar-refractivity contribution in [3.63, 3.8) is 0 Å². The van der Waals surface area contributed by atoms with Crippen molar-refractivity contribution in [1.29, 1.82) is 0 Å². The Morgan fingerprint density at radius 3 is 2.59 bits per heavy atom. The molecular formula is C23H25N3O6. The number of fused-ring (bicyclic) bond motifs is 1. The zero-order chi connectivity index (χ0) is 22.3. The number of ether oxygens (including phenoxy) is 2. The van der Waals surface area contributed by atoms with Crippen LogP contribution in [0.25, 0.3) is 0 Å². The third kappa shape index (κ3) is 3.28. The number of amides is 4. The number of carbonyl (C=O) groups is 3. The number of urea groups is 1. The summed E-state index contributed by atoms with van der Waals surface area (Å²) in [6.07, 6.45) is 4.90. The van der Waals surface area contributed by atoms with Gasteiger partial charge in [-0.25, -0.2) is 4.79 Å². The predicted octanol–water partition coefficient (Wildman–Crippen LogP) is 2.40. The molecule has 2 fully saturated rings. The Morgan fingerprint density at radius 2 is 1.88 bits per heavy atom. The summed E-state index contributed by atoms with van der Waals surface area (Å²) in [7, 11) is 0. The number of hydrogen-bond donors (Lipinski definition) is 2. The van der Waals surface area contributed by atoms with Crippen LogP contribution in [0.15, 0.2) is 41.0 Å². The summed E-state index contributed by atoms with van der Waals surface area (Å²) in [5, 5.41) is 5.75. The molecule has 1 atom stereocenters. The maximum atomic E-state index is 13.0. The molecule has 3 aliphatic rings. The van der Waals surface area contributed by atoms with Crippen molar-refractivity contribution >= 4 is 17.8 Å². The highest BCUT2D eigenvalue weighted by molar-refractivity contribution is 6.08. The van der Waals surface area contributed by atoms with E-state index >= 15 is 0 Å². The van der Waals surface area contributed by atoms with E-state index in [1.807, 2.05) is 18.2 Å². The Labute approximate surface area is 185 Å². The zero-order valence-corrected chi connectivity index (χ0v) is 17.8. The molecule has 5 rings (SSSR count). The van der Waals surface area contributed by atoms with Gasteiger partial charge in [0.25, 0.3) is 5.91 Å². The van der Waals surface area contributed by atoms with E-state index in [4.69, 9.17) is 13.9 Å². The second-order valence-electron chi connectivity index (χ2n) is 8.62. The Kier molecular flexibility index (Phi) is 4.83. The number of furan rings is 1. The van der Waals surface area contributed by atoms with Crippen molar-refractivity contribution in [3.8, 4) is 11.5 Å². The molecule has 1 saturated carbocycles. The van der Waals surface area contributed by atoms with Gasteiger partial charge in [-0.15, -0.1) is 0 Å². The van der Waals surface area contributed by atoms with Crippen LogP contribution in [0.2, 0.25) is 0 Å². The number of imide groups is 1. The van der Waals surface area contributed by atoms with Crippen LogP contribution in [-0.4, -0.2) is 42.5 Å². The minimum Gasteiger partial charge on any atom is -0.486 e. The molecule has 2 aliphatic heterocycles. The first kappa shape index (κ1) is 20.4. The van der Waals surface area contributed by atoms with Gasteiger partial charge >= 0.3 is 6.03 Å². The van der Waals surface area contributed by atoms with Gasteiger partial charge in [-0.1, -0.05) is 18.9 Å². The molecule has 0 unspecified atom stereocenters. The van der Waals surface area contributed by atoms with Crippen LogP contribution in [0.5, 0.6) is 11.5 Å². The highest BCUT2D eigenvalue weighted by Crippen LogP contribution is 2.42. The number of nitrogens with one attached hydrogen (secondary N) is 2. The summed E-state index contributed by atoms with van der Waals surface area (Å²) >= 11 is 0. The van der Waals surface area contributed by atoms with E-state index in [0.717, 1.165) is 36.1 Å². The molecule has 4 amide bonds. The van der Waals surface area contributed by atoms with Gasteiger partial charge in [0.15, 0.2) is 17.0 Å². The Morgan fingerprint density at radius 1 is 1.12 bits per heavy atom. The molecule has 1 aromatic carbocycles. The molecule has 1 aliphatic carbocycles. The molecule has 0 bridgehead atoms. The first-order chi connectivity index (χ1) is 15.4. The summed E-state index contributed by atoms with van der Waals surface area (Å²) < 4.78 is 16.7.